The van der Waals surface area contributed by atoms with Gasteiger partial charge >= 0.3 is 21.1 Å². The monoisotopic (exact) mass is 721 g/mol. The first-order valence-corrected chi connectivity index (χ1v) is 13.2. The summed E-state index contributed by atoms with van der Waals surface area (Å²) in [6, 6.07) is 31.8. The van der Waals surface area contributed by atoms with Crippen molar-refractivity contribution in [3.63, 3.8) is 0 Å². The minimum atomic E-state index is 0. The average Bonchev–Trinajstić information content (AvgIpc) is 3.73. The molecular weight excluding hydrogens is 703 g/mol. The van der Waals surface area contributed by atoms with Crippen LogP contribution in [0.2, 0.25) is 0 Å². The molecule has 0 spiro atoms. The van der Waals surface area contributed by atoms with Gasteiger partial charge in [0.2, 0.25) is 0 Å². The van der Waals surface area contributed by atoms with E-state index in [1.807, 2.05) is 47.3 Å². The number of hydrogen-bond acceptors (Lipinski definition) is 5. The fourth-order valence-electron chi connectivity index (χ4n) is 5.77. The Labute approximate surface area is 253 Å². The topological polar surface area (TPSA) is 69.6 Å². The third-order valence-corrected chi connectivity index (χ3v) is 7.60. The third-order valence-electron chi connectivity index (χ3n) is 7.60. The van der Waals surface area contributed by atoms with Crippen molar-refractivity contribution in [3.05, 3.63) is 122 Å². The Morgan fingerprint density at radius 1 is 0.548 bits per heavy atom. The molecule has 0 saturated heterocycles. The molecule has 9 rings (SSSR count). The summed E-state index contributed by atoms with van der Waals surface area (Å²) in [5.41, 5.74) is 6.55. The number of imidazole rings is 2. The number of pyridine rings is 2. The minimum Gasteiger partial charge on any atom is -0.497 e. The summed E-state index contributed by atoms with van der Waals surface area (Å²) in [4.78, 5) is 18.3. The predicted molar refractivity (Wildman–Crippen MR) is 159 cm³/mol. The number of fused-ring (bicyclic) bond motifs is 12. The fraction of sp³-hybridized carbons (Fsp3) is 0. The zero-order valence-electron chi connectivity index (χ0n) is 21.8. The van der Waals surface area contributed by atoms with E-state index in [1.165, 1.54) is 5.56 Å². The normalized spacial score (nSPS) is 11.6. The second-order valence-corrected chi connectivity index (χ2v) is 9.89. The van der Waals surface area contributed by atoms with Gasteiger partial charge in [0, 0.05) is 54.2 Å². The summed E-state index contributed by atoms with van der Waals surface area (Å²) in [6.07, 6.45) is 10.8. The van der Waals surface area contributed by atoms with Crippen molar-refractivity contribution in [2.45, 2.75) is 0 Å². The molecule has 200 valence electrons. The van der Waals surface area contributed by atoms with Gasteiger partial charge in [-0.3, -0.25) is 15.0 Å². The van der Waals surface area contributed by atoms with Gasteiger partial charge in [0.05, 0.1) is 16.8 Å². The van der Waals surface area contributed by atoms with Crippen LogP contribution in [0.3, 0.4) is 0 Å². The number of nitrogens with zero attached hydrogens (tertiary/aromatic N) is 6. The van der Waals surface area contributed by atoms with E-state index in [0.717, 1.165) is 60.5 Å². The van der Waals surface area contributed by atoms with Crippen molar-refractivity contribution < 1.29 is 25.8 Å². The van der Waals surface area contributed by atoms with E-state index in [-0.39, 0.29) is 21.1 Å². The van der Waals surface area contributed by atoms with Crippen molar-refractivity contribution in [1.82, 2.24) is 28.7 Å². The summed E-state index contributed by atoms with van der Waals surface area (Å²) < 4.78 is 10.4. The largest absolute Gasteiger partial charge is 2.00 e. The van der Waals surface area contributed by atoms with Gasteiger partial charge in [0.15, 0.2) is 0 Å². The van der Waals surface area contributed by atoms with Crippen LogP contribution in [0.25, 0.3) is 66.0 Å². The van der Waals surface area contributed by atoms with Gasteiger partial charge in [0.25, 0.3) is 0 Å². The van der Waals surface area contributed by atoms with Crippen LogP contribution in [-0.2, 0) is 21.1 Å². The number of ether oxygens (including phenoxy) is 1. The van der Waals surface area contributed by atoms with E-state index >= 15 is 0 Å². The predicted octanol–water partition coefficient (Wildman–Crippen LogP) is 7.44. The molecule has 5 heterocycles. The molecule has 0 aliphatic carbocycles. The zero-order valence-corrected chi connectivity index (χ0v) is 24.1. The van der Waals surface area contributed by atoms with Gasteiger partial charge in [-0.1, -0.05) is 88.3 Å². The molecule has 42 heavy (non-hydrogen) atoms. The van der Waals surface area contributed by atoms with Crippen LogP contribution in [0, 0.1) is 12.1 Å². The Hall–Kier alpha value is -5.13. The minimum absolute atomic E-state index is 0. The van der Waals surface area contributed by atoms with Gasteiger partial charge in [-0.05, 0) is 22.6 Å². The molecule has 0 amide bonds. The second-order valence-electron chi connectivity index (χ2n) is 9.89. The van der Waals surface area contributed by atoms with Crippen LogP contribution in [-0.4, -0.2) is 28.7 Å². The third kappa shape index (κ3) is 3.64. The van der Waals surface area contributed by atoms with Gasteiger partial charge in [0.1, 0.15) is 5.65 Å². The Morgan fingerprint density at radius 2 is 1.21 bits per heavy atom. The first-order chi connectivity index (χ1) is 20.3. The fourth-order valence-corrected chi connectivity index (χ4v) is 5.77. The molecule has 9 aromatic rings. The Balaban J connectivity index is 0.00000267. The van der Waals surface area contributed by atoms with E-state index in [4.69, 9.17) is 4.74 Å². The molecule has 0 radical (unpaired) electrons. The quantitative estimate of drug-likeness (QED) is 0.140. The smallest absolute Gasteiger partial charge is 0.497 e. The van der Waals surface area contributed by atoms with Crippen LogP contribution in [0.4, 0.5) is 0 Å². The SMILES string of the molecule is [Pt+2].[c-]1c(Oc2[c-]c3c(cc2)c2nccnc2n2ccnc32)ccc2c1c1nccn1c1ccc(-c3ccccc3)cc21. The molecule has 8 heteroatoms. The molecule has 0 aliphatic rings. The first-order valence-electron chi connectivity index (χ1n) is 13.2. The molecule has 0 bridgehead atoms. The van der Waals surface area contributed by atoms with E-state index in [0.29, 0.717) is 11.5 Å². The van der Waals surface area contributed by atoms with Crippen molar-refractivity contribution in [1.29, 1.82) is 0 Å². The molecule has 0 aliphatic heterocycles. The maximum absolute atomic E-state index is 6.34. The van der Waals surface area contributed by atoms with Crippen molar-refractivity contribution in [2.24, 2.45) is 0 Å². The van der Waals surface area contributed by atoms with Crippen molar-refractivity contribution in [2.75, 3.05) is 0 Å². The van der Waals surface area contributed by atoms with Crippen LogP contribution in [0.5, 0.6) is 11.5 Å². The van der Waals surface area contributed by atoms with E-state index < -0.39 is 0 Å². The van der Waals surface area contributed by atoms with Crippen LogP contribution < -0.4 is 4.74 Å². The molecule has 0 fully saturated rings. The van der Waals surface area contributed by atoms with Crippen molar-refractivity contribution in [3.8, 4) is 22.6 Å². The van der Waals surface area contributed by atoms with Crippen LogP contribution in [0.15, 0.2) is 110 Å². The van der Waals surface area contributed by atoms with Crippen molar-refractivity contribution >= 4 is 54.9 Å². The number of benzene rings is 4. The Morgan fingerprint density at radius 3 is 2.02 bits per heavy atom. The standard InChI is InChI=1S/C34H18N6O.Pt/c1-2-4-21(5-3-1)22-6-11-30-27(18-22)25-9-7-23(19-28(25)32-37-14-16-39(30)32)41-24-8-10-26-29(20-24)33-38-15-17-40(33)34-31(26)35-12-13-36-34;/h1-18H;/q-2;+2. The second kappa shape index (κ2) is 9.47. The summed E-state index contributed by atoms with van der Waals surface area (Å²) in [5.74, 6) is 1.14. The summed E-state index contributed by atoms with van der Waals surface area (Å²) >= 11 is 0. The molecule has 5 aromatic heterocycles. The Kier molecular flexibility index (Phi) is 5.56. The number of rotatable bonds is 3. The summed E-state index contributed by atoms with van der Waals surface area (Å²) in [7, 11) is 0. The van der Waals surface area contributed by atoms with E-state index in [2.05, 4.69) is 85.0 Å². The molecular formula is C34H18N6OPt. The maximum atomic E-state index is 6.34. The van der Waals surface area contributed by atoms with E-state index in [9.17, 15) is 0 Å². The zero-order chi connectivity index (χ0) is 26.9. The average molecular weight is 722 g/mol. The van der Waals surface area contributed by atoms with Crippen LogP contribution in [0.1, 0.15) is 0 Å². The molecule has 0 atom stereocenters. The number of hydrogen-bond donors (Lipinski definition) is 0. The molecule has 0 unspecified atom stereocenters. The first kappa shape index (κ1) is 24.6. The van der Waals surface area contributed by atoms with Gasteiger partial charge in [-0.2, -0.15) is 0 Å². The Bertz CT molecular complexity index is 2470. The molecule has 0 saturated carbocycles. The summed E-state index contributed by atoms with van der Waals surface area (Å²) in [5, 5.41) is 4.82. The molecule has 4 aromatic carbocycles. The van der Waals surface area contributed by atoms with Crippen LogP contribution >= 0.6 is 0 Å². The molecule has 7 nitrogen and oxygen atoms in total. The van der Waals surface area contributed by atoms with E-state index in [1.54, 1.807) is 18.6 Å². The molecule has 0 N–H and O–H groups in total. The van der Waals surface area contributed by atoms with Gasteiger partial charge in [-0.25, -0.2) is 4.98 Å². The maximum Gasteiger partial charge on any atom is 2.00 e. The number of aromatic nitrogens is 6. The van der Waals surface area contributed by atoms with Gasteiger partial charge in [-0.15, -0.1) is 12.1 Å². The van der Waals surface area contributed by atoms with Gasteiger partial charge < -0.3 is 13.5 Å². The summed E-state index contributed by atoms with van der Waals surface area (Å²) in [6.45, 7) is 0.